The van der Waals surface area contributed by atoms with Gasteiger partial charge in [-0.15, -0.1) is 0 Å². The Bertz CT molecular complexity index is 374. The highest BCUT2D eigenvalue weighted by molar-refractivity contribution is 7.78. The van der Waals surface area contributed by atoms with Crippen molar-refractivity contribution in [3.8, 4) is 0 Å². The molecule has 2 nitrogen and oxygen atoms in total. The Hall–Kier alpha value is -0.380. The van der Waals surface area contributed by atoms with Gasteiger partial charge in [0, 0.05) is 10.8 Å². The maximum absolute atomic E-state index is 10.6. The summed E-state index contributed by atoms with van der Waals surface area (Å²) in [5.41, 5.74) is 2.01. The lowest BCUT2D eigenvalue weighted by Crippen LogP contribution is -1.98. The van der Waals surface area contributed by atoms with E-state index in [0.717, 1.165) is 11.1 Å². The molecule has 0 radical (unpaired) electrons. The van der Waals surface area contributed by atoms with Gasteiger partial charge in [0.1, 0.15) is 0 Å². The Labute approximate surface area is 90.6 Å². The second-order valence-corrected chi connectivity index (χ2v) is 4.90. The first-order chi connectivity index (χ1) is 6.66. The number of halogens is 1. The van der Waals surface area contributed by atoms with Crippen molar-refractivity contribution in [3.05, 3.63) is 34.3 Å². The summed E-state index contributed by atoms with van der Waals surface area (Å²) in [6.45, 7) is 0. The maximum Gasteiger partial charge on any atom is 0.0409 e. The molecule has 76 valence electrons. The standard InChI is InChI=1S/C10H11ClO2S/c11-9-3-4-10(7-1-2-7)8(5-9)6-14(12)13/h3-5,7H,1-2,6H2,(H,12,13)/p-1. The van der Waals surface area contributed by atoms with Crippen molar-refractivity contribution >= 4 is 22.7 Å². The van der Waals surface area contributed by atoms with Gasteiger partial charge in [0.05, 0.1) is 0 Å². The van der Waals surface area contributed by atoms with E-state index < -0.39 is 11.1 Å². The van der Waals surface area contributed by atoms with Gasteiger partial charge in [-0.2, -0.15) is 0 Å². The smallest absolute Gasteiger partial charge is 0.0409 e. The van der Waals surface area contributed by atoms with Gasteiger partial charge in [-0.3, -0.25) is 4.21 Å². The third kappa shape index (κ3) is 2.35. The Morgan fingerprint density at radius 3 is 2.79 bits per heavy atom. The first-order valence-corrected chi connectivity index (χ1v) is 6.13. The quantitative estimate of drug-likeness (QED) is 0.748. The summed E-state index contributed by atoms with van der Waals surface area (Å²) in [5.74, 6) is 0.637. The fraction of sp³-hybridized carbons (Fsp3) is 0.400. The van der Waals surface area contributed by atoms with Gasteiger partial charge in [-0.05, 0) is 42.0 Å². The molecule has 0 spiro atoms. The molecular weight excluding hydrogens is 220 g/mol. The maximum atomic E-state index is 10.6. The lowest BCUT2D eigenvalue weighted by atomic mass is 10.1. The SMILES string of the molecule is O=S([O-])Cc1cc(Cl)ccc1C1CC1. The van der Waals surface area contributed by atoms with E-state index in [4.69, 9.17) is 11.6 Å². The van der Waals surface area contributed by atoms with Crippen LogP contribution >= 0.6 is 11.6 Å². The largest absolute Gasteiger partial charge is 0.772 e. The predicted molar refractivity (Wildman–Crippen MR) is 56.1 cm³/mol. The number of benzene rings is 1. The molecule has 1 fully saturated rings. The monoisotopic (exact) mass is 229 g/mol. The zero-order valence-corrected chi connectivity index (χ0v) is 9.11. The van der Waals surface area contributed by atoms with E-state index >= 15 is 0 Å². The Morgan fingerprint density at radius 1 is 1.50 bits per heavy atom. The molecule has 0 heterocycles. The van der Waals surface area contributed by atoms with Crippen molar-refractivity contribution in [2.24, 2.45) is 0 Å². The second kappa shape index (κ2) is 4.01. The van der Waals surface area contributed by atoms with E-state index in [9.17, 15) is 8.76 Å². The molecular formula is C10H10ClO2S-. The molecule has 1 saturated carbocycles. The van der Waals surface area contributed by atoms with Crippen LogP contribution in [0.1, 0.15) is 29.9 Å². The minimum Gasteiger partial charge on any atom is -0.772 e. The number of rotatable bonds is 3. The van der Waals surface area contributed by atoms with Crippen molar-refractivity contribution < 1.29 is 8.76 Å². The third-order valence-electron chi connectivity index (χ3n) is 2.40. The normalized spacial score (nSPS) is 18.1. The molecule has 1 aromatic rings. The molecule has 0 saturated heterocycles. The number of hydrogen-bond donors (Lipinski definition) is 0. The van der Waals surface area contributed by atoms with Crippen LogP contribution in [0.25, 0.3) is 0 Å². The molecule has 0 amide bonds. The first-order valence-electron chi connectivity index (χ1n) is 4.51. The highest BCUT2D eigenvalue weighted by atomic mass is 35.5. The number of hydrogen-bond acceptors (Lipinski definition) is 2. The van der Waals surface area contributed by atoms with Crippen LogP contribution in [0, 0.1) is 0 Å². The van der Waals surface area contributed by atoms with Crippen LogP contribution in [0.3, 0.4) is 0 Å². The van der Waals surface area contributed by atoms with Crippen molar-refractivity contribution in [2.45, 2.75) is 24.5 Å². The summed E-state index contributed by atoms with van der Waals surface area (Å²) in [6.07, 6.45) is 2.33. The van der Waals surface area contributed by atoms with Gasteiger partial charge < -0.3 is 4.55 Å². The van der Waals surface area contributed by atoms with Crippen LogP contribution in [0.15, 0.2) is 18.2 Å². The average Bonchev–Trinajstić information content (AvgIpc) is 2.86. The van der Waals surface area contributed by atoms with Gasteiger partial charge in [0.25, 0.3) is 0 Å². The van der Waals surface area contributed by atoms with E-state index in [-0.39, 0.29) is 5.75 Å². The molecule has 0 N–H and O–H groups in total. The molecule has 2 rings (SSSR count). The summed E-state index contributed by atoms with van der Waals surface area (Å²) in [7, 11) is 0. The predicted octanol–water partition coefficient (Wildman–Crippen LogP) is 2.60. The Morgan fingerprint density at radius 2 is 2.21 bits per heavy atom. The molecule has 1 aliphatic carbocycles. The molecule has 1 aromatic carbocycles. The van der Waals surface area contributed by atoms with E-state index in [1.165, 1.54) is 12.8 Å². The summed E-state index contributed by atoms with van der Waals surface area (Å²) in [4.78, 5) is 0. The molecule has 1 unspecified atom stereocenters. The lowest BCUT2D eigenvalue weighted by Gasteiger charge is -2.10. The zero-order chi connectivity index (χ0) is 10.1. The zero-order valence-electron chi connectivity index (χ0n) is 7.53. The van der Waals surface area contributed by atoms with Crippen LogP contribution < -0.4 is 0 Å². The van der Waals surface area contributed by atoms with Gasteiger partial charge >= 0.3 is 0 Å². The van der Waals surface area contributed by atoms with Crippen molar-refractivity contribution in [2.75, 3.05) is 0 Å². The molecule has 1 aliphatic rings. The highest BCUT2D eigenvalue weighted by Gasteiger charge is 2.25. The molecule has 1 atom stereocenters. The molecule has 0 bridgehead atoms. The van der Waals surface area contributed by atoms with Crippen molar-refractivity contribution in [1.82, 2.24) is 0 Å². The van der Waals surface area contributed by atoms with Gasteiger partial charge in [0.2, 0.25) is 0 Å². The topological polar surface area (TPSA) is 40.1 Å². The molecule has 0 aromatic heterocycles. The lowest BCUT2D eigenvalue weighted by molar-refractivity contribution is 0.536. The van der Waals surface area contributed by atoms with Crippen LogP contribution in [0.4, 0.5) is 0 Å². The Balaban J connectivity index is 2.32. The fourth-order valence-corrected chi connectivity index (χ4v) is 2.32. The van der Waals surface area contributed by atoms with Crippen LogP contribution in [0.5, 0.6) is 0 Å². The van der Waals surface area contributed by atoms with Crippen LogP contribution in [-0.2, 0) is 16.8 Å². The van der Waals surface area contributed by atoms with E-state index in [1.54, 1.807) is 6.07 Å². The molecule has 14 heavy (non-hydrogen) atoms. The minimum atomic E-state index is -2.03. The van der Waals surface area contributed by atoms with Crippen LogP contribution in [0.2, 0.25) is 5.02 Å². The summed E-state index contributed by atoms with van der Waals surface area (Å²) in [6, 6.07) is 5.53. The van der Waals surface area contributed by atoms with E-state index in [0.29, 0.717) is 10.9 Å². The molecule has 4 heteroatoms. The summed E-state index contributed by atoms with van der Waals surface area (Å²) >= 11 is 3.79. The summed E-state index contributed by atoms with van der Waals surface area (Å²) < 4.78 is 21.3. The van der Waals surface area contributed by atoms with Crippen molar-refractivity contribution in [3.63, 3.8) is 0 Å². The van der Waals surface area contributed by atoms with E-state index in [2.05, 4.69) is 0 Å². The van der Waals surface area contributed by atoms with E-state index in [1.807, 2.05) is 12.1 Å². The van der Waals surface area contributed by atoms with Crippen molar-refractivity contribution in [1.29, 1.82) is 0 Å². The average molecular weight is 230 g/mol. The van der Waals surface area contributed by atoms with Gasteiger partial charge in [-0.25, -0.2) is 0 Å². The highest BCUT2D eigenvalue weighted by Crippen LogP contribution is 2.42. The van der Waals surface area contributed by atoms with Gasteiger partial charge in [0.15, 0.2) is 0 Å². The van der Waals surface area contributed by atoms with Crippen LogP contribution in [-0.4, -0.2) is 8.76 Å². The first kappa shape index (κ1) is 10.1. The molecule has 0 aliphatic heterocycles. The summed E-state index contributed by atoms with van der Waals surface area (Å²) in [5, 5.41) is 0.606. The third-order valence-corrected chi connectivity index (χ3v) is 3.18. The Kier molecular flexibility index (Phi) is 2.91. The van der Waals surface area contributed by atoms with Gasteiger partial charge in [-0.1, -0.05) is 28.7 Å². The fourth-order valence-electron chi connectivity index (χ4n) is 1.62. The second-order valence-electron chi connectivity index (χ2n) is 3.57. The minimum absolute atomic E-state index is 0.0758.